The molecular weight excluding hydrogens is 232 g/mol. The molecule has 0 saturated heterocycles. The summed E-state index contributed by atoms with van der Waals surface area (Å²) in [4.78, 5) is 27.4. The highest BCUT2D eigenvalue weighted by molar-refractivity contribution is 5.92. The molecule has 0 fully saturated rings. The molecule has 0 bridgehead atoms. The standard InChI is InChI=1S/C12H12N4O2/c1-9(16-11(17)6-4-8-14-16)12(18)15-10-5-2-3-7-13-10/h2-9H,1H3,(H,13,15,18). The molecule has 92 valence electrons. The molecule has 6 heteroatoms. The average Bonchev–Trinajstić information content (AvgIpc) is 2.39. The molecule has 1 atom stereocenters. The first kappa shape index (κ1) is 12.0. The predicted molar refractivity (Wildman–Crippen MR) is 66.1 cm³/mol. The summed E-state index contributed by atoms with van der Waals surface area (Å²) in [5.41, 5.74) is -0.318. The van der Waals surface area contributed by atoms with E-state index < -0.39 is 6.04 Å². The number of carbonyl (C=O) groups excluding carboxylic acids is 1. The van der Waals surface area contributed by atoms with E-state index >= 15 is 0 Å². The molecule has 0 aliphatic rings. The summed E-state index contributed by atoms with van der Waals surface area (Å²) in [6, 6.07) is 7.38. The van der Waals surface area contributed by atoms with Crippen molar-refractivity contribution in [3.8, 4) is 0 Å². The van der Waals surface area contributed by atoms with Gasteiger partial charge in [-0.2, -0.15) is 5.10 Å². The van der Waals surface area contributed by atoms with E-state index in [9.17, 15) is 9.59 Å². The van der Waals surface area contributed by atoms with Gasteiger partial charge in [0.2, 0.25) is 5.91 Å². The number of anilines is 1. The van der Waals surface area contributed by atoms with Crippen molar-refractivity contribution in [1.82, 2.24) is 14.8 Å². The van der Waals surface area contributed by atoms with Gasteiger partial charge in [0.15, 0.2) is 0 Å². The van der Waals surface area contributed by atoms with Gasteiger partial charge in [-0.25, -0.2) is 9.67 Å². The molecule has 0 aliphatic carbocycles. The molecule has 0 aliphatic heterocycles. The zero-order chi connectivity index (χ0) is 13.0. The van der Waals surface area contributed by atoms with Gasteiger partial charge in [0.05, 0.1) is 0 Å². The summed E-state index contributed by atoms with van der Waals surface area (Å²) in [6.07, 6.45) is 3.04. The minimum absolute atomic E-state index is 0.318. The summed E-state index contributed by atoms with van der Waals surface area (Å²) >= 11 is 0. The minimum Gasteiger partial charge on any atom is -0.309 e. The van der Waals surface area contributed by atoms with Crippen molar-refractivity contribution < 1.29 is 4.79 Å². The Bertz CT molecular complexity index is 594. The second-order valence-electron chi connectivity index (χ2n) is 3.69. The van der Waals surface area contributed by atoms with Gasteiger partial charge in [0.25, 0.3) is 5.56 Å². The van der Waals surface area contributed by atoms with E-state index in [0.29, 0.717) is 5.82 Å². The van der Waals surface area contributed by atoms with Crippen molar-refractivity contribution in [1.29, 1.82) is 0 Å². The van der Waals surface area contributed by atoms with Crippen LogP contribution in [0.4, 0.5) is 5.82 Å². The zero-order valence-electron chi connectivity index (χ0n) is 9.78. The highest BCUT2D eigenvalue weighted by Gasteiger charge is 2.17. The van der Waals surface area contributed by atoms with Gasteiger partial charge in [0.1, 0.15) is 11.9 Å². The molecule has 2 rings (SSSR count). The van der Waals surface area contributed by atoms with Crippen LogP contribution in [-0.2, 0) is 4.79 Å². The quantitative estimate of drug-likeness (QED) is 0.867. The van der Waals surface area contributed by atoms with Crippen molar-refractivity contribution in [3.63, 3.8) is 0 Å². The van der Waals surface area contributed by atoms with Gasteiger partial charge in [-0.1, -0.05) is 6.07 Å². The first-order valence-electron chi connectivity index (χ1n) is 5.44. The lowest BCUT2D eigenvalue weighted by molar-refractivity contribution is -0.119. The third kappa shape index (κ3) is 2.60. The number of hydrogen-bond acceptors (Lipinski definition) is 4. The molecule has 0 aromatic carbocycles. The van der Waals surface area contributed by atoms with Crippen molar-refractivity contribution in [3.05, 3.63) is 53.1 Å². The van der Waals surface area contributed by atoms with Crippen molar-refractivity contribution >= 4 is 11.7 Å². The lowest BCUT2D eigenvalue weighted by atomic mass is 10.3. The monoisotopic (exact) mass is 244 g/mol. The molecule has 0 saturated carbocycles. The van der Waals surface area contributed by atoms with Gasteiger partial charge in [-0.05, 0) is 25.1 Å². The lowest BCUT2D eigenvalue weighted by Gasteiger charge is -2.12. The van der Waals surface area contributed by atoms with Crippen molar-refractivity contribution in [2.75, 3.05) is 5.32 Å². The number of pyridine rings is 1. The van der Waals surface area contributed by atoms with Crippen LogP contribution in [0.15, 0.2) is 47.5 Å². The van der Waals surface area contributed by atoms with E-state index in [1.807, 2.05) is 0 Å². The maximum atomic E-state index is 11.9. The first-order chi connectivity index (χ1) is 8.68. The van der Waals surface area contributed by atoms with Crippen LogP contribution in [0.2, 0.25) is 0 Å². The number of hydrogen-bond donors (Lipinski definition) is 1. The van der Waals surface area contributed by atoms with E-state index in [1.54, 1.807) is 31.3 Å². The van der Waals surface area contributed by atoms with Crippen LogP contribution >= 0.6 is 0 Å². The number of aromatic nitrogens is 3. The Balaban J connectivity index is 2.15. The van der Waals surface area contributed by atoms with E-state index in [2.05, 4.69) is 15.4 Å². The Labute approximate surface area is 103 Å². The zero-order valence-corrected chi connectivity index (χ0v) is 9.78. The van der Waals surface area contributed by atoms with Crippen LogP contribution in [0, 0.1) is 0 Å². The number of nitrogens with one attached hydrogen (secondary N) is 1. The van der Waals surface area contributed by atoms with Gasteiger partial charge in [-0.3, -0.25) is 9.59 Å². The molecular formula is C12H12N4O2. The average molecular weight is 244 g/mol. The molecule has 2 aromatic heterocycles. The lowest BCUT2D eigenvalue weighted by Crippen LogP contribution is -2.32. The molecule has 2 aromatic rings. The fourth-order valence-electron chi connectivity index (χ4n) is 1.44. The fourth-order valence-corrected chi connectivity index (χ4v) is 1.44. The Morgan fingerprint density at radius 3 is 2.78 bits per heavy atom. The molecule has 6 nitrogen and oxygen atoms in total. The maximum Gasteiger partial charge on any atom is 0.267 e. The molecule has 0 spiro atoms. The molecule has 0 radical (unpaired) electrons. The minimum atomic E-state index is -0.694. The normalized spacial score (nSPS) is 11.8. The molecule has 18 heavy (non-hydrogen) atoms. The molecule has 1 N–H and O–H groups in total. The number of carbonyl (C=O) groups is 1. The van der Waals surface area contributed by atoms with E-state index in [0.717, 1.165) is 4.68 Å². The topological polar surface area (TPSA) is 76.9 Å². The molecule has 2 heterocycles. The van der Waals surface area contributed by atoms with Gasteiger partial charge >= 0.3 is 0 Å². The highest BCUT2D eigenvalue weighted by Crippen LogP contribution is 2.06. The molecule has 1 unspecified atom stereocenters. The van der Waals surface area contributed by atoms with Crippen LogP contribution in [-0.4, -0.2) is 20.7 Å². The van der Waals surface area contributed by atoms with Crippen LogP contribution < -0.4 is 10.9 Å². The van der Waals surface area contributed by atoms with E-state index in [4.69, 9.17) is 0 Å². The second-order valence-corrected chi connectivity index (χ2v) is 3.69. The van der Waals surface area contributed by atoms with Gasteiger partial charge < -0.3 is 5.32 Å². The summed E-state index contributed by atoms with van der Waals surface area (Å²) in [5.74, 6) is 0.104. The van der Waals surface area contributed by atoms with Crippen molar-refractivity contribution in [2.45, 2.75) is 13.0 Å². The van der Waals surface area contributed by atoms with Crippen LogP contribution in [0.5, 0.6) is 0 Å². The van der Waals surface area contributed by atoms with E-state index in [-0.39, 0.29) is 11.5 Å². The van der Waals surface area contributed by atoms with E-state index in [1.165, 1.54) is 18.3 Å². The summed E-state index contributed by atoms with van der Waals surface area (Å²) in [5, 5.41) is 6.48. The van der Waals surface area contributed by atoms with Crippen LogP contribution in [0.25, 0.3) is 0 Å². The third-order valence-electron chi connectivity index (χ3n) is 2.40. The summed E-state index contributed by atoms with van der Waals surface area (Å²) in [6.45, 7) is 1.60. The van der Waals surface area contributed by atoms with Crippen molar-refractivity contribution in [2.24, 2.45) is 0 Å². The fraction of sp³-hybridized carbons (Fsp3) is 0.167. The van der Waals surface area contributed by atoms with Crippen LogP contribution in [0.3, 0.4) is 0 Å². The summed E-state index contributed by atoms with van der Waals surface area (Å²) in [7, 11) is 0. The van der Waals surface area contributed by atoms with Gasteiger partial charge in [-0.15, -0.1) is 0 Å². The van der Waals surface area contributed by atoms with Gasteiger partial charge in [0, 0.05) is 18.5 Å². The number of rotatable bonds is 3. The number of amides is 1. The van der Waals surface area contributed by atoms with Crippen LogP contribution in [0.1, 0.15) is 13.0 Å². The SMILES string of the molecule is CC(C(=O)Nc1ccccn1)n1ncccc1=O. The summed E-state index contributed by atoms with van der Waals surface area (Å²) < 4.78 is 1.12. The maximum absolute atomic E-state index is 11.9. The number of nitrogens with zero attached hydrogens (tertiary/aromatic N) is 3. The second kappa shape index (κ2) is 5.22. The predicted octanol–water partition coefficient (Wildman–Crippen LogP) is 0.838. The Morgan fingerprint density at radius 2 is 2.11 bits per heavy atom. The smallest absolute Gasteiger partial charge is 0.267 e. The Hall–Kier alpha value is -2.50. The highest BCUT2D eigenvalue weighted by atomic mass is 16.2. The largest absolute Gasteiger partial charge is 0.309 e. The Kier molecular flexibility index (Phi) is 3.47. The Morgan fingerprint density at radius 1 is 1.28 bits per heavy atom. The molecule has 1 amide bonds. The third-order valence-corrected chi connectivity index (χ3v) is 2.40. The first-order valence-corrected chi connectivity index (χ1v) is 5.44.